The summed E-state index contributed by atoms with van der Waals surface area (Å²) in [4.78, 5) is 16.7. The summed E-state index contributed by atoms with van der Waals surface area (Å²) in [5.41, 5.74) is 1.91. The molecule has 3 rings (SSSR count). The molecule has 1 amide bonds. The van der Waals surface area contributed by atoms with E-state index in [-0.39, 0.29) is 11.2 Å². The lowest BCUT2D eigenvalue weighted by Crippen LogP contribution is -2.22. The molecular weight excluding hydrogens is 364 g/mol. The molecule has 1 saturated carbocycles. The number of aryl methyl sites for hydroxylation is 1. The third kappa shape index (κ3) is 3.70. The Morgan fingerprint density at radius 2 is 2.27 bits per heavy atom. The highest BCUT2D eigenvalue weighted by Gasteiger charge is 2.28. The van der Waals surface area contributed by atoms with Crippen molar-refractivity contribution in [3.8, 4) is 0 Å². The van der Waals surface area contributed by atoms with E-state index in [0.717, 1.165) is 21.5 Å². The number of carbonyl (C=O) groups is 1. The molecule has 1 heterocycles. The lowest BCUT2D eigenvalue weighted by atomic mass is 10.2. The third-order valence-corrected chi connectivity index (χ3v) is 5.10. The summed E-state index contributed by atoms with van der Waals surface area (Å²) in [7, 11) is 0. The number of aromatic amines is 1. The minimum Gasteiger partial charge on any atom is -0.324 e. The summed E-state index contributed by atoms with van der Waals surface area (Å²) in [6, 6.07) is 5.84. The Balaban J connectivity index is 1.60. The number of benzene rings is 1. The molecule has 7 heteroatoms. The Morgan fingerprint density at radius 1 is 1.50 bits per heavy atom. The molecule has 1 fully saturated rings. The minimum atomic E-state index is -0.268. The predicted molar refractivity (Wildman–Crippen MR) is 91.2 cm³/mol. The Morgan fingerprint density at radius 3 is 2.95 bits per heavy atom. The van der Waals surface area contributed by atoms with Crippen LogP contribution in [0.15, 0.2) is 27.8 Å². The van der Waals surface area contributed by atoms with E-state index in [9.17, 15) is 4.79 Å². The van der Waals surface area contributed by atoms with Gasteiger partial charge in [0.25, 0.3) is 0 Å². The second-order valence-corrected chi connectivity index (χ2v) is 7.67. The highest BCUT2D eigenvalue weighted by Crippen LogP contribution is 2.38. The lowest BCUT2D eigenvalue weighted by molar-refractivity contribution is -0.115. The zero-order valence-electron chi connectivity index (χ0n) is 12.4. The molecule has 1 aromatic carbocycles. The number of aromatic nitrogens is 3. The first-order valence-electron chi connectivity index (χ1n) is 7.19. The number of nitrogens with one attached hydrogen (secondary N) is 2. The number of carbonyl (C=O) groups excluding carboxylic acids is 1. The topological polar surface area (TPSA) is 70.7 Å². The molecule has 116 valence electrons. The van der Waals surface area contributed by atoms with Crippen LogP contribution in [0.1, 0.15) is 37.1 Å². The first kappa shape index (κ1) is 15.6. The fraction of sp³-hybridized carbons (Fsp3) is 0.400. The SMILES string of the molecule is Cc1ccc(NC(=O)C(C)Sc2n[nH]c(C3CC3)n2)c(Br)c1. The van der Waals surface area contributed by atoms with Crippen molar-refractivity contribution in [1.82, 2.24) is 15.2 Å². The van der Waals surface area contributed by atoms with Crippen molar-refractivity contribution in [3.63, 3.8) is 0 Å². The monoisotopic (exact) mass is 380 g/mol. The van der Waals surface area contributed by atoms with Gasteiger partial charge in [-0.3, -0.25) is 9.89 Å². The van der Waals surface area contributed by atoms with Crippen LogP contribution in [0.5, 0.6) is 0 Å². The Labute approximate surface area is 141 Å². The minimum absolute atomic E-state index is 0.0627. The second-order valence-electron chi connectivity index (χ2n) is 5.51. The van der Waals surface area contributed by atoms with Crippen LogP contribution >= 0.6 is 27.7 Å². The Hall–Kier alpha value is -1.34. The molecule has 5 nitrogen and oxygen atoms in total. The van der Waals surface area contributed by atoms with Gasteiger partial charge in [0.1, 0.15) is 5.82 Å². The first-order chi connectivity index (χ1) is 10.5. The maximum absolute atomic E-state index is 12.3. The maximum atomic E-state index is 12.3. The molecule has 2 N–H and O–H groups in total. The van der Waals surface area contributed by atoms with Crippen LogP contribution in [-0.4, -0.2) is 26.3 Å². The quantitative estimate of drug-likeness (QED) is 0.772. The van der Waals surface area contributed by atoms with Crippen molar-refractivity contribution in [1.29, 1.82) is 0 Å². The normalized spacial score (nSPS) is 15.6. The van der Waals surface area contributed by atoms with Gasteiger partial charge in [-0.1, -0.05) is 17.8 Å². The highest BCUT2D eigenvalue weighted by molar-refractivity contribution is 9.10. The molecule has 1 aliphatic rings. The van der Waals surface area contributed by atoms with Gasteiger partial charge in [-0.05, 0) is 60.3 Å². The van der Waals surface area contributed by atoms with Gasteiger partial charge in [0, 0.05) is 10.4 Å². The van der Waals surface area contributed by atoms with Crippen LogP contribution in [0, 0.1) is 6.92 Å². The van der Waals surface area contributed by atoms with Crippen LogP contribution < -0.4 is 5.32 Å². The number of hydrogen-bond acceptors (Lipinski definition) is 4. The van der Waals surface area contributed by atoms with E-state index in [4.69, 9.17) is 0 Å². The third-order valence-electron chi connectivity index (χ3n) is 3.48. The largest absolute Gasteiger partial charge is 0.324 e. The summed E-state index contributed by atoms with van der Waals surface area (Å²) >= 11 is 4.83. The smallest absolute Gasteiger partial charge is 0.237 e. The van der Waals surface area contributed by atoms with E-state index < -0.39 is 0 Å². The first-order valence-corrected chi connectivity index (χ1v) is 8.86. The van der Waals surface area contributed by atoms with Gasteiger partial charge >= 0.3 is 0 Å². The zero-order chi connectivity index (χ0) is 15.7. The van der Waals surface area contributed by atoms with Gasteiger partial charge in [0.15, 0.2) is 0 Å². The Kier molecular flexibility index (Phi) is 4.54. The summed E-state index contributed by atoms with van der Waals surface area (Å²) in [6.07, 6.45) is 2.35. The number of thioether (sulfide) groups is 1. The average molecular weight is 381 g/mol. The van der Waals surface area contributed by atoms with Crippen LogP contribution in [0.3, 0.4) is 0 Å². The molecule has 1 unspecified atom stereocenters. The number of hydrogen-bond donors (Lipinski definition) is 2. The fourth-order valence-corrected chi connectivity index (χ4v) is 3.34. The van der Waals surface area contributed by atoms with E-state index in [2.05, 4.69) is 36.4 Å². The molecule has 0 bridgehead atoms. The van der Waals surface area contributed by atoms with Crippen LogP contribution in [0.25, 0.3) is 0 Å². The lowest BCUT2D eigenvalue weighted by Gasteiger charge is -2.11. The van der Waals surface area contributed by atoms with Gasteiger partial charge in [0.05, 0.1) is 10.9 Å². The summed E-state index contributed by atoms with van der Waals surface area (Å²) in [5, 5.41) is 10.4. The van der Waals surface area contributed by atoms with Gasteiger partial charge in [0.2, 0.25) is 11.1 Å². The number of H-pyrrole nitrogens is 1. The molecule has 2 aromatic rings. The Bertz CT molecular complexity index is 699. The van der Waals surface area contributed by atoms with E-state index in [0.29, 0.717) is 11.1 Å². The summed E-state index contributed by atoms with van der Waals surface area (Å²) in [5.74, 6) is 1.42. The van der Waals surface area contributed by atoms with E-state index in [1.165, 1.54) is 24.6 Å². The maximum Gasteiger partial charge on any atom is 0.237 e. The fourth-order valence-electron chi connectivity index (χ4n) is 2.02. The number of halogens is 1. The summed E-state index contributed by atoms with van der Waals surface area (Å²) < 4.78 is 0.881. The molecular formula is C15H17BrN4OS. The van der Waals surface area contributed by atoms with Crippen molar-refractivity contribution >= 4 is 39.3 Å². The van der Waals surface area contributed by atoms with Gasteiger partial charge in [-0.2, -0.15) is 0 Å². The van der Waals surface area contributed by atoms with Crippen LogP contribution in [-0.2, 0) is 4.79 Å². The van der Waals surface area contributed by atoms with E-state index in [1.54, 1.807) is 0 Å². The van der Waals surface area contributed by atoms with Crippen LogP contribution in [0.4, 0.5) is 5.69 Å². The van der Waals surface area contributed by atoms with E-state index in [1.807, 2.05) is 32.0 Å². The molecule has 22 heavy (non-hydrogen) atoms. The van der Waals surface area contributed by atoms with Crippen molar-refractivity contribution in [2.45, 2.75) is 43.0 Å². The summed E-state index contributed by atoms with van der Waals surface area (Å²) in [6.45, 7) is 3.87. The average Bonchev–Trinajstić information content (AvgIpc) is 3.22. The molecule has 0 saturated heterocycles. The predicted octanol–water partition coefficient (Wildman–Crippen LogP) is 3.87. The van der Waals surface area contributed by atoms with Gasteiger partial charge < -0.3 is 5.32 Å². The highest BCUT2D eigenvalue weighted by atomic mass is 79.9. The van der Waals surface area contributed by atoms with Crippen molar-refractivity contribution < 1.29 is 4.79 Å². The van der Waals surface area contributed by atoms with Gasteiger partial charge in [-0.25, -0.2) is 4.98 Å². The standard InChI is InChI=1S/C15H17BrN4OS/c1-8-3-6-12(11(16)7-8)17-14(21)9(2)22-15-18-13(19-20-15)10-4-5-10/h3,6-7,9-10H,4-5H2,1-2H3,(H,17,21)(H,18,19,20). The number of amides is 1. The van der Waals surface area contributed by atoms with Gasteiger partial charge in [-0.15, -0.1) is 5.10 Å². The number of nitrogens with zero attached hydrogens (tertiary/aromatic N) is 2. The molecule has 1 aromatic heterocycles. The number of rotatable bonds is 5. The van der Waals surface area contributed by atoms with E-state index >= 15 is 0 Å². The van der Waals surface area contributed by atoms with Crippen molar-refractivity contribution in [2.24, 2.45) is 0 Å². The van der Waals surface area contributed by atoms with Crippen molar-refractivity contribution in [2.75, 3.05) is 5.32 Å². The molecule has 0 radical (unpaired) electrons. The second kappa shape index (κ2) is 6.42. The zero-order valence-corrected chi connectivity index (χ0v) is 14.8. The van der Waals surface area contributed by atoms with Crippen LogP contribution in [0.2, 0.25) is 0 Å². The molecule has 0 spiro atoms. The molecule has 0 aliphatic heterocycles. The molecule has 1 atom stereocenters. The number of anilines is 1. The molecule has 1 aliphatic carbocycles. The van der Waals surface area contributed by atoms with Crippen molar-refractivity contribution in [3.05, 3.63) is 34.1 Å².